The van der Waals surface area contributed by atoms with Crippen LogP contribution in [0.25, 0.3) is 0 Å². The van der Waals surface area contributed by atoms with Crippen molar-refractivity contribution in [3.8, 4) is 0 Å². The lowest BCUT2D eigenvalue weighted by Crippen LogP contribution is -2.38. The molecule has 1 heterocycles. The van der Waals surface area contributed by atoms with Crippen molar-refractivity contribution in [2.75, 3.05) is 18.9 Å². The summed E-state index contributed by atoms with van der Waals surface area (Å²) in [5.74, 6) is 0.920. The average Bonchev–Trinajstić information content (AvgIpc) is 3.01. The summed E-state index contributed by atoms with van der Waals surface area (Å²) in [4.78, 5) is 19.3. The lowest BCUT2D eigenvalue weighted by Gasteiger charge is -2.28. The van der Waals surface area contributed by atoms with Gasteiger partial charge in [0.15, 0.2) is 0 Å². The molecular weight excluding hydrogens is 250 g/mol. The molecule has 4 nitrogen and oxygen atoms in total. The molecule has 0 aromatic carbocycles. The number of pyridine rings is 1. The predicted molar refractivity (Wildman–Crippen MR) is 82.1 cm³/mol. The van der Waals surface area contributed by atoms with Crippen LogP contribution in [0.5, 0.6) is 0 Å². The molecule has 1 fully saturated rings. The van der Waals surface area contributed by atoms with Crippen LogP contribution in [-0.4, -0.2) is 35.4 Å². The molecule has 1 saturated carbocycles. The highest BCUT2D eigenvalue weighted by Crippen LogP contribution is 2.25. The molecule has 4 heteroatoms. The average molecular weight is 275 g/mol. The largest absolute Gasteiger partial charge is 0.373 e. The van der Waals surface area contributed by atoms with E-state index in [0.717, 1.165) is 42.9 Å². The maximum Gasteiger partial charge on any atom is 0.254 e. The lowest BCUT2D eigenvalue weighted by molar-refractivity contribution is 0.0693. The van der Waals surface area contributed by atoms with Crippen molar-refractivity contribution in [2.45, 2.75) is 52.0 Å². The van der Waals surface area contributed by atoms with Gasteiger partial charge in [-0.2, -0.15) is 0 Å². The number of carbonyl (C=O) groups is 1. The maximum atomic E-state index is 12.8. The van der Waals surface area contributed by atoms with E-state index in [-0.39, 0.29) is 5.91 Å². The van der Waals surface area contributed by atoms with Crippen LogP contribution in [0.1, 0.15) is 55.6 Å². The van der Waals surface area contributed by atoms with Crippen molar-refractivity contribution in [1.82, 2.24) is 9.88 Å². The van der Waals surface area contributed by atoms with Gasteiger partial charge in [0.25, 0.3) is 5.91 Å². The molecule has 20 heavy (non-hydrogen) atoms. The Morgan fingerprint density at radius 2 is 2.05 bits per heavy atom. The molecule has 2 rings (SSSR count). The second-order valence-corrected chi connectivity index (χ2v) is 5.37. The molecule has 1 aromatic heterocycles. The van der Waals surface area contributed by atoms with E-state index in [1.807, 2.05) is 24.1 Å². The minimum atomic E-state index is 0.146. The molecule has 0 spiro atoms. The molecule has 110 valence electrons. The van der Waals surface area contributed by atoms with Gasteiger partial charge in [-0.3, -0.25) is 4.79 Å². The minimum absolute atomic E-state index is 0.146. The number of anilines is 1. The molecule has 0 radical (unpaired) electrons. The molecule has 1 aliphatic carbocycles. The van der Waals surface area contributed by atoms with Crippen LogP contribution in [0, 0.1) is 0 Å². The summed E-state index contributed by atoms with van der Waals surface area (Å²) in [7, 11) is 1.84. The molecular formula is C16H25N3O. The van der Waals surface area contributed by atoms with E-state index in [1.54, 1.807) is 0 Å². The van der Waals surface area contributed by atoms with Crippen molar-refractivity contribution in [2.24, 2.45) is 0 Å². The van der Waals surface area contributed by atoms with E-state index in [0.29, 0.717) is 6.04 Å². The number of rotatable bonds is 5. The highest BCUT2D eigenvalue weighted by atomic mass is 16.2. The topological polar surface area (TPSA) is 45.2 Å². The second-order valence-electron chi connectivity index (χ2n) is 5.37. The molecule has 1 amide bonds. The van der Waals surface area contributed by atoms with E-state index in [4.69, 9.17) is 0 Å². The van der Waals surface area contributed by atoms with Crippen LogP contribution >= 0.6 is 0 Å². The number of carbonyl (C=O) groups excluding carboxylic acids is 1. The predicted octanol–water partition coefficient (Wildman–Crippen LogP) is 3.09. The summed E-state index contributed by atoms with van der Waals surface area (Å²) >= 11 is 0. The zero-order valence-corrected chi connectivity index (χ0v) is 12.8. The van der Waals surface area contributed by atoms with E-state index < -0.39 is 0 Å². The molecule has 1 aliphatic rings. The van der Waals surface area contributed by atoms with Gasteiger partial charge in [0, 0.05) is 30.9 Å². The Kier molecular flexibility index (Phi) is 4.99. The minimum Gasteiger partial charge on any atom is -0.373 e. The third-order valence-corrected chi connectivity index (χ3v) is 4.11. The van der Waals surface area contributed by atoms with Crippen molar-refractivity contribution < 1.29 is 4.79 Å². The lowest BCUT2D eigenvalue weighted by atomic mass is 10.1. The number of hydrogen-bond donors (Lipinski definition) is 1. The van der Waals surface area contributed by atoms with Crippen LogP contribution in [0.2, 0.25) is 0 Å². The Labute approximate surface area is 121 Å². The molecule has 0 bridgehead atoms. The van der Waals surface area contributed by atoms with Crippen molar-refractivity contribution >= 4 is 11.7 Å². The number of aryl methyl sites for hydroxylation is 1. The maximum absolute atomic E-state index is 12.8. The first-order valence-electron chi connectivity index (χ1n) is 7.69. The van der Waals surface area contributed by atoms with Gasteiger partial charge in [0.05, 0.1) is 0 Å². The van der Waals surface area contributed by atoms with Crippen molar-refractivity contribution in [3.05, 3.63) is 23.4 Å². The molecule has 1 N–H and O–H groups in total. The summed E-state index contributed by atoms with van der Waals surface area (Å²) in [5.41, 5.74) is 1.72. The zero-order chi connectivity index (χ0) is 14.5. The number of nitrogens with zero attached hydrogens (tertiary/aromatic N) is 2. The van der Waals surface area contributed by atoms with Gasteiger partial charge in [-0.1, -0.05) is 19.8 Å². The number of amides is 1. The van der Waals surface area contributed by atoms with Crippen LogP contribution < -0.4 is 5.32 Å². The summed E-state index contributed by atoms with van der Waals surface area (Å²) in [6, 6.07) is 4.21. The van der Waals surface area contributed by atoms with Crippen LogP contribution in [-0.2, 0) is 6.42 Å². The molecule has 0 atom stereocenters. The van der Waals surface area contributed by atoms with Crippen molar-refractivity contribution in [1.29, 1.82) is 0 Å². The van der Waals surface area contributed by atoms with Gasteiger partial charge in [-0.25, -0.2) is 4.98 Å². The van der Waals surface area contributed by atoms with Gasteiger partial charge in [0.1, 0.15) is 5.82 Å². The van der Waals surface area contributed by atoms with Gasteiger partial charge in [-0.15, -0.1) is 0 Å². The SMILES string of the molecule is CCc1cc(C(=O)N(CC)C2CCCC2)cc(NC)n1. The number of aromatic nitrogens is 1. The highest BCUT2D eigenvalue weighted by Gasteiger charge is 2.26. The van der Waals surface area contributed by atoms with Crippen LogP contribution in [0.15, 0.2) is 12.1 Å². The first kappa shape index (κ1) is 14.8. The second kappa shape index (κ2) is 6.73. The molecule has 0 unspecified atom stereocenters. The van der Waals surface area contributed by atoms with E-state index in [9.17, 15) is 4.79 Å². The van der Waals surface area contributed by atoms with Gasteiger partial charge >= 0.3 is 0 Å². The first-order valence-corrected chi connectivity index (χ1v) is 7.69. The molecule has 1 aromatic rings. The number of nitrogens with one attached hydrogen (secondary N) is 1. The molecule has 0 saturated heterocycles. The van der Waals surface area contributed by atoms with E-state index >= 15 is 0 Å². The summed E-state index contributed by atoms with van der Waals surface area (Å²) in [5, 5.41) is 3.04. The van der Waals surface area contributed by atoms with Crippen LogP contribution in [0.4, 0.5) is 5.82 Å². The Bertz CT molecular complexity index is 445. The highest BCUT2D eigenvalue weighted by molar-refractivity contribution is 5.95. The Morgan fingerprint density at radius 1 is 1.35 bits per heavy atom. The third kappa shape index (κ3) is 3.11. The number of hydrogen-bond acceptors (Lipinski definition) is 3. The Morgan fingerprint density at radius 3 is 2.60 bits per heavy atom. The quantitative estimate of drug-likeness (QED) is 0.898. The third-order valence-electron chi connectivity index (χ3n) is 4.11. The van der Waals surface area contributed by atoms with E-state index in [2.05, 4.69) is 24.1 Å². The summed E-state index contributed by atoms with van der Waals surface area (Å²) in [6.07, 6.45) is 5.61. The fourth-order valence-corrected chi connectivity index (χ4v) is 2.97. The van der Waals surface area contributed by atoms with Crippen molar-refractivity contribution in [3.63, 3.8) is 0 Å². The fourth-order valence-electron chi connectivity index (χ4n) is 2.97. The molecule has 0 aliphatic heterocycles. The van der Waals surface area contributed by atoms with Gasteiger partial charge in [-0.05, 0) is 38.3 Å². The van der Waals surface area contributed by atoms with Gasteiger partial charge < -0.3 is 10.2 Å². The summed E-state index contributed by atoms with van der Waals surface area (Å²) < 4.78 is 0. The monoisotopic (exact) mass is 275 g/mol. The zero-order valence-electron chi connectivity index (χ0n) is 12.8. The van der Waals surface area contributed by atoms with E-state index in [1.165, 1.54) is 12.8 Å². The normalized spacial score (nSPS) is 15.3. The Hall–Kier alpha value is -1.58. The van der Waals surface area contributed by atoms with Crippen LogP contribution in [0.3, 0.4) is 0 Å². The standard InChI is InChI=1S/C16H25N3O/c1-4-13-10-12(11-15(17-3)18-13)16(20)19(5-2)14-8-6-7-9-14/h10-11,14H,4-9H2,1-3H3,(H,17,18). The van der Waals surface area contributed by atoms with Gasteiger partial charge in [0.2, 0.25) is 0 Å². The summed E-state index contributed by atoms with van der Waals surface area (Å²) in [6.45, 7) is 4.91. The fraction of sp³-hybridized carbons (Fsp3) is 0.625. The first-order chi connectivity index (χ1) is 9.69. The smallest absolute Gasteiger partial charge is 0.254 e. The Balaban J connectivity index is 2.26.